The normalized spacial score (nSPS) is 18.7. The fraction of sp³-hybridized carbons (Fsp3) is 0.615. The number of hydrogen-bond acceptors (Lipinski definition) is 3. The summed E-state index contributed by atoms with van der Waals surface area (Å²) < 4.78 is 38.3. The number of amides is 1. The van der Waals surface area contributed by atoms with Gasteiger partial charge in [0.15, 0.2) is 0 Å². The van der Waals surface area contributed by atoms with Crippen LogP contribution in [0, 0.1) is 5.92 Å². The topological polar surface area (TPSA) is 55.1 Å². The summed E-state index contributed by atoms with van der Waals surface area (Å²) in [4.78, 5) is 12.6. The summed E-state index contributed by atoms with van der Waals surface area (Å²) in [5, 5.41) is 3.06. The third kappa shape index (κ3) is 2.92. The summed E-state index contributed by atoms with van der Waals surface area (Å²) in [5.41, 5.74) is 6.92. The summed E-state index contributed by atoms with van der Waals surface area (Å²) in [6.45, 7) is 2.47. The van der Waals surface area contributed by atoms with Crippen LogP contribution in [0.1, 0.15) is 40.6 Å². The van der Waals surface area contributed by atoms with E-state index in [1.54, 1.807) is 0 Å². The largest absolute Gasteiger partial charge is 0.392 e. The lowest BCUT2D eigenvalue weighted by Gasteiger charge is -2.24. The van der Waals surface area contributed by atoms with E-state index in [-0.39, 0.29) is 25.2 Å². The molecule has 0 aromatic carbocycles. The zero-order chi connectivity index (χ0) is 14.9. The van der Waals surface area contributed by atoms with Gasteiger partial charge in [-0.3, -0.25) is 4.79 Å². The number of halogens is 3. The molecule has 1 atom stereocenters. The van der Waals surface area contributed by atoms with Crippen LogP contribution in [0.4, 0.5) is 18.2 Å². The second kappa shape index (κ2) is 5.63. The van der Waals surface area contributed by atoms with E-state index in [2.05, 4.69) is 5.32 Å². The summed E-state index contributed by atoms with van der Waals surface area (Å²) in [6, 6.07) is 0. The third-order valence-electron chi connectivity index (χ3n) is 3.52. The SMILES string of the molecule is CCCNC(=O)c1c(N)sc2c1CCC(C(F)(F)F)C2. The van der Waals surface area contributed by atoms with Crippen LogP contribution >= 0.6 is 11.3 Å². The molecule has 0 saturated carbocycles. The predicted octanol–water partition coefficient (Wildman–Crippen LogP) is 3.14. The first-order valence-corrected chi connectivity index (χ1v) is 7.41. The van der Waals surface area contributed by atoms with Crippen LogP contribution in [0.15, 0.2) is 0 Å². The maximum absolute atomic E-state index is 12.8. The van der Waals surface area contributed by atoms with Gasteiger partial charge < -0.3 is 11.1 Å². The van der Waals surface area contributed by atoms with Gasteiger partial charge in [0, 0.05) is 11.4 Å². The number of nitrogens with two attached hydrogens (primary N) is 1. The van der Waals surface area contributed by atoms with Crippen molar-refractivity contribution in [3.05, 3.63) is 16.0 Å². The van der Waals surface area contributed by atoms with Crippen molar-refractivity contribution in [3.8, 4) is 0 Å². The molecule has 1 aromatic heterocycles. The molecule has 1 aliphatic carbocycles. The Morgan fingerprint density at radius 3 is 2.80 bits per heavy atom. The zero-order valence-corrected chi connectivity index (χ0v) is 12.0. The van der Waals surface area contributed by atoms with Crippen molar-refractivity contribution in [3.63, 3.8) is 0 Å². The Kier molecular flexibility index (Phi) is 4.27. The molecule has 1 unspecified atom stereocenters. The minimum atomic E-state index is -4.18. The highest BCUT2D eigenvalue weighted by Crippen LogP contribution is 2.42. The lowest BCUT2D eigenvalue weighted by atomic mass is 9.86. The molecule has 1 heterocycles. The Morgan fingerprint density at radius 1 is 1.50 bits per heavy atom. The minimum absolute atomic E-state index is 0.0285. The molecule has 0 radical (unpaired) electrons. The first-order valence-electron chi connectivity index (χ1n) is 6.59. The van der Waals surface area contributed by atoms with Crippen molar-refractivity contribution in [2.24, 2.45) is 5.92 Å². The molecule has 0 spiro atoms. The number of carbonyl (C=O) groups excluding carboxylic acids is 1. The molecule has 1 aromatic rings. The summed E-state index contributed by atoms with van der Waals surface area (Å²) in [6.07, 6.45) is -3.15. The number of nitrogens with one attached hydrogen (secondary N) is 1. The molecule has 112 valence electrons. The van der Waals surface area contributed by atoms with Gasteiger partial charge in [0.2, 0.25) is 0 Å². The van der Waals surface area contributed by atoms with Gasteiger partial charge in [0.25, 0.3) is 5.91 Å². The van der Waals surface area contributed by atoms with Crippen molar-refractivity contribution in [1.29, 1.82) is 0 Å². The van der Waals surface area contributed by atoms with Crippen LogP contribution in [0.5, 0.6) is 0 Å². The van der Waals surface area contributed by atoms with E-state index < -0.39 is 12.1 Å². The maximum Gasteiger partial charge on any atom is 0.392 e. The van der Waals surface area contributed by atoms with E-state index in [0.717, 1.165) is 17.8 Å². The standard InChI is InChI=1S/C13H17F3N2OS/c1-2-5-18-12(19)10-8-4-3-7(13(14,15)16)6-9(8)20-11(10)17/h7H,2-6,17H2,1H3,(H,18,19). The van der Waals surface area contributed by atoms with Gasteiger partial charge >= 0.3 is 6.18 Å². The highest BCUT2D eigenvalue weighted by molar-refractivity contribution is 7.16. The van der Waals surface area contributed by atoms with Crippen LogP contribution < -0.4 is 11.1 Å². The highest BCUT2D eigenvalue weighted by Gasteiger charge is 2.42. The second-order valence-corrected chi connectivity index (χ2v) is 6.12. The number of fused-ring (bicyclic) bond motifs is 1. The zero-order valence-electron chi connectivity index (χ0n) is 11.1. The van der Waals surface area contributed by atoms with E-state index in [4.69, 9.17) is 5.73 Å². The smallest absolute Gasteiger partial charge is 0.390 e. The van der Waals surface area contributed by atoms with Crippen molar-refractivity contribution in [1.82, 2.24) is 5.32 Å². The van der Waals surface area contributed by atoms with Crippen molar-refractivity contribution >= 4 is 22.2 Å². The number of nitrogen functional groups attached to an aromatic ring is 1. The Bertz CT molecular complexity index is 510. The molecule has 20 heavy (non-hydrogen) atoms. The number of alkyl halides is 3. The first kappa shape index (κ1) is 15.2. The average molecular weight is 306 g/mol. The molecular formula is C13H17F3N2OS. The number of thiophene rings is 1. The van der Waals surface area contributed by atoms with Crippen LogP contribution in [0.2, 0.25) is 0 Å². The van der Waals surface area contributed by atoms with E-state index >= 15 is 0 Å². The number of anilines is 1. The van der Waals surface area contributed by atoms with Crippen LogP contribution in [0.25, 0.3) is 0 Å². The van der Waals surface area contributed by atoms with Crippen LogP contribution in [-0.2, 0) is 12.8 Å². The summed E-state index contributed by atoms with van der Waals surface area (Å²) in [5.74, 6) is -1.59. The van der Waals surface area contributed by atoms with Gasteiger partial charge in [-0.05, 0) is 31.2 Å². The van der Waals surface area contributed by atoms with Crippen molar-refractivity contribution < 1.29 is 18.0 Å². The monoisotopic (exact) mass is 306 g/mol. The molecule has 2 rings (SSSR count). The molecule has 3 N–H and O–H groups in total. The Balaban J connectivity index is 2.24. The van der Waals surface area contributed by atoms with Gasteiger partial charge in [-0.15, -0.1) is 11.3 Å². The molecule has 0 fully saturated rings. The molecule has 3 nitrogen and oxygen atoms in total. The molecular weight excluding hydrogens is 289 g/mol. The molecule has 0 saturated heterocycles. The van der Waals surface area contributed by atoms with Crippen LogP contribution in [0.3, 0.4) is 0 Å². The maximum atomic E-state index is 12.8. The highest BCUT2D eigenvalue weighted by atomic mass is 32.1. The summed E-state index contributed by atoms with van der Waals surface area (Å²) in [7, 11) is 0. The number of carbonyl (C=O) groups is 1. The summed E-state index contributed by atoms with van der Waals surface area (Å²) >= 11 is 1.12. The van der Waals surface area contributed by atoms with Gasteiger partial charge in [-0.2, -0.15) is 13.2 Å². The third-order valence-corrected chi connectivity index (χ3v) is 4.60. The van der Waals surface area contributed by atoms with Gasteiger partial charge in [0.1, 0.15) is 0 Å². The number of hydrogen-bond donors (Lipinski definition) is 2. The second-order valence-electron chi connectivity index (χ2n) is 4.98. The van der Waals surface area contributed by atoms with Gasteiger partial charge in [-0.25, -0.2) is 0 Å². The Hall–Kier alpha value is -1.24. The van der Waals surface area contributed by atoms with Gasteiger partial charge in [0.05, 0.1) is 16.5 Å². The van der Waals surface area contributed by atoms with Crippen LogP contribution in [-0.4, -0.2) is 18.6 Å². The average Bonchev–Trinajstić information content (AvgIpc) is 2.69. The molecule has 7 heteroatoms. The Labute approximate surface area is 119 Å². The fourth-order valence-electron chi connectivity index (χ4n) is 2.46. The van der Waals surface area contributed by atoms with E-state index in [1.807, 2.05) is 6.92 Å². The lowest BCUT2D eigenvalue weighted by molar-refractivity contribution is -0.176. The van der Waals surface area contributed by atoms with Gasteiger partial charge in [-0.1, -0.05) is 6.92 Å². The van der Waals surface area contributed by atoms with E-state index in [1.165, 1.54) is 0 Å². The predicted molar refractivity (Wildman–Crippen MR) is 72.9 cm³/mol. The van der Waals surface area contributed by atoms with E-state index in [0.29, 0.717) is 27.5 Å². The first-order chi connectivity index (χ1) is 9.34. The minimum Gasteiger partial charge on any atom is -0.390 e. The quantitative estimate of drug-likeness (QED) is 0.901. The Morgan fingerprint density at radius 2 is 2.20 bits per heavy atom. The molecule has 0 bridgehead atoms. The lowest BCUT2D eigenvalue weighted by Crippen LogP contribution is -2.30. The van der Waals surface area contributed by atoms with E-state index in [9.17, 15) is 18.0 Å². The molecule has 1 amide bonds. The van der Waals surface area contributed by atoms with Crippen molar-refractivity contribution in [2.45, 2.75) is 38.8 Å². The molecule has 1 aliphatic rings. The fourth-order valence-corrected chi connectivity index (χ4v) is 3.66. The molecule has 0 aliphatic heterocycles. The number of rotatable bonds is 3. The van der Waals surface area contributed by atoms with Crippen molar-refractivity contribution in [2.75, 3.05) is 12.3 Å².